The number of hydrogen-bond acceptors (Lipinski definition) is 6. The molecule has 0 saturated carbocycles. The highest BCUT2D eigenvalue weighted by atomic mass is 79.9. The maximum absolute atomic E-state index is 5.31. The van der Waals surface area contributed by atoms with Gasteiger partial charge in [-0.15, -0.1) is 5.10 Å². The van der Waals surface area contributed by atoms with Crippen molar-refractivity contribution in [2.24, 2.45) is 0 Å². The first-order valence-corrected chi connectivity index (χ1v) is 8.08. The Hall–Kier alpha value is -2.67. The molecule has 0 aliphatic heterocycles. The first kappa shape index (κ1) is 16.2. The summed E-state index contributed by atoms with van der Waals surface area (Å²) < 4.78 is 6.27. The summed E-state index contributed by atoms with van der Waals surface area (Å²) in [6, 6.07) is 13.6. The van der Waals surface area contributed by atoms with E-state index in [0.717, 1.165) is 15.8 Å². The summed E-state index contributed by atoms with van der Waals surface area (Å²) in [5.74, 6) is 1.68. The lowest BCUT2D eigenvalue weighted by atomic mass is 10.2. The molecule has 2 N–H and O–H groups in total. The summed E-state index contributed by atoms with van der Waals surface area (Å²) in [5.41, 5.74) is 2.85. The molecular formula is C17H16BrN5O. The largest absolute Gasteiger partial charge is 0.495 e. The molecule has 122 valence electrons. The minimum Gasteiger partial charge on any atom is -0.495 e. The molecule has 0 bridgehead atoms. The number of hydrogen-bond donors (Lipinski definition) is 2. The van der Waals surface area contributed by atoms with E-state index >= 15 is 0 Å². The number of ether oxygens (including phenoxy) is 1. The zero-order valence-electron chi connectivity index (χ0n) is 13.2. The van der Waals surface area contributed by atoms with Gasteiger partial charge in [0.2, 0.25) is 5.95 Å². The average molecular weight is 386 g/mol. The fourth-order valence-electron chi connectivity index (χ4n) is 2.14. The smallest absolute Gasteiger partial charge is 0.249 e. The van der Waals surface area contributed by atoms with Gasteiger partial charge in [-0.25, -0.2) is 0 Å². The first-order valence-electron chi connectivity index (χ1n) is 7.28. The maximum atomic E-state index is 5.31. The number of aromatic nitrogens is 3. The summed E-state index contributed by atoms with van der Waals surface area (Å²) >= 11 is 3.54. The van der Waals surface area contributed by atoms with Gasteiger partial charge in [0.1, 0.15) is 5.75 Å². The molecule has 0 spiro atoms. The van der Waals surface area contributed by atoms with Crippen LogP contribution >= 0.6 is 15.9 Å². The van der Waals surface area contributed by atoms with Gasteiger partial charge in [0.05, 0.1) is 24.7 Å². The van der Waals surface area contributed by atoms with E-state index in [2.05, 4.69) is 41.7 Å². The zero-order valence-corrected chi connectivity index (χ0v) is 14.8. The van der Waals surface area contributed by atoms with E-state index in [0.29, 0.717) is 17.5 Å². The van der Waals surface area contributed by atoms with Crippen molar-refractivity contribution in [3.8, 4) is 5.75 Å². The van der Waals surface area contributed by atoms with E-state index in [1.807, 2.05) is 49.4 Å². The standard InChI is InChI=1S/C17H16BrN5O/c1-11-7-8-13(12(18)9-11)20-16-10-19-23-17(22-16)21-14-5-3-4-6-15(14)24-2/h3-10H,1-2H3,(H2,20,21,22,23). The SMILES string of the molecule is COc1ccccc1Nc1nncc(Nc2ccc(C)cc2Br)n1. The van der Waals surface area contributed by atoms with Crippen molar-refractivity contribution in [1.29, 1.82) is 0 Å². The lowest BCUT2D eigenvalue weighted by molar-refractivity contribution is 0.417. The van der Waals surface area contributed by atoms with Crippen LogP contribution in [0, 0.1) is 6.92 Å². The van der Waals surface area contributed by atoms with Gasteiger partial charge in [0.15, 0.2) is 5.82 Å². The molecule has 0 radical (unpaired) electrons. The molecule has 3 aromatic rings. The van der Waals surface area contributed by atoms with Gasteiger partial charge in [-0.2, -0.15) is 10.1 Å². The Bertz CT molecular complexity index is 856. The Morgan fingerprint density at radius 2 is 1.88 bits per heavy atom. The van der Waals surface area contributed by atoms with Crippen molar-refractivity contribution in [3.63, 3.8) is 0 Å². The van der Waals surface area contributed by atoms with E-state index in [1.54, 1.807) is 13.3 Å². The fourth-order valence-corrected chi connectivity index (χ4v) is 2.74. The molecule has 6 nitrogen and oxygen atoms in total. The van der Waals surface area contributed by atoms with Crippen molar-refractivity contribution in [1.82, 2.24) is 15.2 Å². The molecule has 7 heteroatoms. The summed E-state index contributed by atoms with van der Waals surface area (Å²) in [6.45, 7) is 2.04. The van der Waals surface area contributed by atoms with E-state index in [9.17, 15) is 0 Å². The second kappa shape index (κ2) is 7.27. The van der Waals surface area contributed by atoms with E-state index in [-0.39, 0.29) is 0 Å². The Morgan fingerprint density at radius 3 is 2.67 bits per heavy atom. The van der Waals surface area contributed by atoms with Crippen LogP contribution in [-0.4, -0.2) is 22.3 Å². The number of anilines is 4. The van der Waals surface area contributed by atoms with Gasteiger partial charge < -0.3 is 15.4 Å². The third-order valence-electron chi connectivity index (χ3n) is 3.30. The average Bonchev–Trinajstić information content (AvgIpc) is 2.58. The highest BCUT2D eigenvalue weighted by molar-refractivity contribution is 9.10. The number of benzene rings is 2. The van der Waals surface area contributed by atoms with Crippen LogP contribution in [0.15, 0.2) is 53.1 Å². The van der Waals surface area contributed by atoms with Gasteiger partial charge in [0.25, 0.3) is 0 Å². The van der Waals surface area contributed by atoms with Gasteiger partial charge in [-0.05, 0) is 52.7 Å². The molecule has 1 aromatic heterocycles. The van der Waals surface area contributed by atoms with Crippen LogP contribution in [0.3, 0.4) is 0 Å². The number of methoxy groups -OCH3 is 1. The Kier molecular flexibility index (Phi) is 4.90. The van der Waals surface area contributed by atoms with Gasteiger partial charge in [0, 0.05) is 4.47 Å². The lowest BCUT2D eigenvalue weighted by Crippen LogP contribution is -2.03. The monoisotopic (exact) mass is 385 g/mol. The molecule has 0 fully saturated rings. The lowest BCUT2D eigenvalue weighted by Gasteiger charge is -2.11. The van der Waals surface area contributed by atoms with Crippen molar-refractivity contribution >= 4 is 39.1 Å². The molecule has 1 heterocycles. The quantitative estimate of drug-likeness (QED) is 0.676. The highest BCUT2D eigenvalue weighted by Crippen LogP contribution is 2.27. The molecule has 0 aliphatic carbocycles. The highest BCUT2D eigenvalue weighted by Gasteiger charge is 2.07. The second-order valence-corrected chi connectivity index (χ2v) is 5.95. The Balaban J connectivity index is 1.81. The summed E-state index contributed by atoms with van der Waals surface area (Å²) in [5, 5.41) is 14.3. The van der Waals surface area contributed by atoms with Crippen LogP contribution in [-0.2, 0) is 0 Å². The zero-order chi connectivity index (χ0) is 16.9. The van der Waals surface area contributed by atoms with E-state index < -0.39 is 0 Å². The molecule has 24 heavy (non-hydrogen) atoms. The summed E-state index contributed by atoms with van der Waals surface area (Å²) in [7, 11) is 1.62. The number of rotatable bonds is 5. The molecular weight excluding hydrogens is 370 g/mol. The van der Waals surface area contributed by atoms with Crippen LogP contribution in [0.4, 0.5) is 23.1 Å². The summed E-state index contributed by atoms with van der Waals surface area (Å²) in [4.78, 5) is 4.43. The van der Waals surface area contributed by atoms with E-state index in [1.165, 1.54) is 5.56 Å². The third-order valence-corrected chi connectivity index (χ3v) is 3.96. The molecule has 0 saturated heterocycles. The minimum atomic E-state index is 0.382. The Labute approximate surface area is 148 Å². The predicted molar refractivity (Wildman–Crippen MR) is 98.3 cm³/mol. The van der Waals surface area contributed by atoms with Crippen molar-refractivity contribution in [3.05, 3.63) is 58.7 Å². The topological polar surface area (TPSA) is 72.0 Å². The number of halogens is 1. The molecule has 0 amide bonds. The fraction of sp³-hybridized carbons (Fsp3) is 0.118. The van der Waals surface area contributed by atoms with Crippen LogP contribution in [0.25, 0.3) is 0 Å². The van der Waals surface area contributed by atoms with Crippen LogP contribution in [0.1, 0.15) is 5.56 Å². The molecule has 0 atom stereocenters. The second-order valence-electron chi connectivity index (χ2n) is 5.10. The molecule has 0 unspecified atom stereocenters. The van der Waals surface area contributed by atoms with Crippen LogP contribution in [0.5, 0.6) is 5.75 Å². The number of para-hydroxylation sites is 2. The first-order chi connectivity index (χ1) is 11.7. The van der Waals surface area contributed by atoms with E-state index in [4.69, 9.17) is 4.74 Å². The number of nitrogens with zero attached hydrogens (tertiary/aromatic N) is 3. The normalized spacial score (nSPS) is 10.3. The van der Waals surface area contributed by atoms with Gasteiger partial charge in [-0.1, -0.05) is 18.2 Å². The van der Waals surface area contributed by atoms with Crippen LogP contribution < -0.4 is 15.4 Å². The van der Waals surface area contributed by atoms with Gasteiger partial charge in [-0.3, -0.25) is 0 Å². The van der Waals surface area contributed by atoms with Gasteiger partial charge >= 0.3 is 0 Å². The maximum Gasteiger partial charge on any atom is 0.249 e. The minimum absolute atomic E-state index is 0.382. The number of aryl methyl sites for hydroxylation is 1. The van der Waals surface area contributed by atoms with Crippen molar-refractivity contribution in [2.45, 2.75) is 6.92 Å². The Morgan fingerprint density at radius 1 is 1.04 bits per heavy atom. The predicted octanol–water partition coefficient (Wildman–Crippen LogP) is 4.44. The third kappa shape index (κ3) is 3.80. The van der Waals surface area contributed by atoms with Crippen molar-refractivity contribution in [2.75, 3.05) is 17.7 Å². The molecule has 2 aromatic carbocycles. The van der Waals surface area contributed by atoms with Crippen molar-refractivity contribution < 1.29 is 4.74 Å². The number of nitrogens with one attached hydrogen (secondary N) is 2. The van der Waals surface area contributed by atoms with Crippen LogP contribution in [0.2, 0.25) is 0 Å². The molecule has 3 rings (SSSR count). The summed E-state index contributed by atoms with van der Waals surface area (Å²) in [6.07, 6.45) is 1.57. The molecule has 0 aliphatic rings.